The van der Waals surface area contributed by atoms with Crippen molar-refractivity contribution in [3.8, 4) is 0 Å². The monoisotopic (exact) mass is 334 g/mol. The maximum Gasteiger partial charge on any atom is 0.207 e. The van der Waals surface area contributed by atoms with Crippen LogP contribution in [0.3, 0.4) is 0 Å². The van der Waals surface area contributed by atoms with Gasteiger partial charge in [0, 0.05) is 17.5 Å². The van der Waals surface area contributed by atoms with Gasteiger partial charge >= 0.3 is 0 Å². The van der Waals surface area contributed by atoms with Crippen molar-refractivity contribution in [1.29, 1.82) is 0 Å². The molecule has 2 N–H and O–H groups in total. The molecule has 2 rings (SSSR count). The number of hydrogen-bond donors (Lipinski definition) is 1. The molecule has 0 aromatic carbocycles. The van der Waals surface area contributed by atoms with Crippen LogP contribution in [0, 0.1) is 0 Å². The summed E-state index contributed by atoms with van der Waals surface area (Å²) in [5.41, 5.74) is 5.75. The van der Waals surface area contributed by atoms with Crippen LogP contribution in [0.15, 0.2) is 27.9 Å². The third kappa shape index (κ3) is 3.40. The zero-order valence-corrected chi connectivity index (χ0v) is 12.8. The Morgan fingerprint density at radius 1 is 1.59 bits per heavy atom. The van der Waals surface area contributed by atoms with Crippen molar-refractivity contribution in [3.63, 3.8) is 0 Å². The van der Waals surface area contributed by atoms with Gasteiger partial charge in [0.05, 0.1) is 3.79 Å². The minimum atomic E-state index is 0.160. The molecule has 1 aliphatic rings. The van der Waals surface area contributed by atoms with Crippen LogP contribution in [0.25, 0.3) is 0 Å². The van der Waals surface area contributed by atoms with Crippen LogP contribution in [0.5, 0.6) is 0 Å². The zero-order chi connectivity index (χ0) is 12.3. The first-order chi connectivity index (χ1) is 8.20. The number of hydrogen-bond acceptors (Lipinski definition) is 5. The molecule has 0 amide bonds. The zero-order valence-electron chi connectivity index (χ0n) is 9.56. The molecule has 1 aliphatic heterocycles. The summed E-state index contributed by atoms with van der Waals surface area (Å²) < 4.78 is 1.13. The molecule has 0 bridgehead atoms. The van der Waals surface area contributed by atoms with Crippen molar-refractivity contribution in [2.75, 3.05) is 18.6 Å². The quantitative estimate of drug-likeness (QED) is 0.838. The van der Waals surface area contributed by atoms with E-state index in [1.54, 1.807) is 11.3 Å². The van der Waals surface area contributed by atoms with Gasteiger partial charge in [0.15, 0.2) is 0 Å². The van der Waals surface area contributed by atoms with Crippen LogP contribution in [0.2, 0.25) is 0 Å². The topological polar surface area (TPSA) is 38.5 Å². The Hall–Kier alpha value is -0.170. The van der Waals surface area contributed by atoms with E-state index in [0.717, 1.165) is 22.5 Å². The number of nitrogens with zero attached hydrogens (tertiary/aromatic N) is 1. The summed E-state index contributed by atoms with van der Waals surface area (Å²) in [4.78, 5) is 6.79. The third-order valence-corrected chi connectivity index (χ3v) is 4.86. The van der Waals surface area contributed by atoms with Crippen LogP contribution in [-0.4, -0.2) is 23.6 Å². The molecule has 0 saturated carbocycles. The highest BCUT2D eigenvalue weighted by molar-refractivity contribution is 9.11. The first kappa shape index (κ1) is 13.3. The van der Waals surface area contributed by atoms with Gasteiger partial charge in [0.25, 0.3) is 0 Å². The molecule has 1 aromatic heterocycles. The second-order valence-electron chi connectivity index (χ2n) is 3.73. The summed E-state index contributed by atoms with van der Waals surface area (Å²) in [5.74, 6) is 1.64. The van der Waals surface area contributed by atoms with Crippen LogP contribution in [0.1, 0.15) is 17.3 Å². The Bertz CT molecular complexity index is 408. The van der Waals surface area contributed by atoms with E-state index in [2.05, 4.69) is 34.3 Å². The van der Waals surface area contributed by atoms with E-state index in [1.807, 2.05) is 22.9 Å². The van der Waals surface area contributed by atoms with Crippen LogP contribution in [-0.2, 0) is 4.84 Å². The summed E-state index contributed by atoms with van der Waals surface area (Å²) in [5, 5.41) is 1.96. The van der Waals surface area contributed by atoms with Gasteiger partial charge in [0.2, 0.25) is 5.88 Å². The molecule has 1 unspecified atom stereocenters. The molecule has 2 heterocycles. The summed E-state index contributed by atoms with van der Waals surface area (Å²) >= 11 is 7.05. The Kier molecular flexibility index (Phi) is 4.78. The number of thiophene rings is 1. The minimum absolute atomic E-state index is 0.160. The van der Waals surface area contributed by atoms with E-state index in [4.69, 9.17) is 10.6 Å². The van der Waals surface area contributed by atoms with Crippen molar-refractivity contribution in [2.45, 2.75) is 12.5 Å². The van der Waals surface area contributed by atoms with E-state index >= 15 is 0 Å². The second kappa shape index (κ2) is 6.13. The maximum absolute atomic E-state index is 5.75. The van der Waals surface area contributed by atoms with E-state index in [-0.39, 0.29) is 6.04 Å². The fraction of sp³-hybridized carbons (Fsp3) is 0.455. The van der Waals surface area contributed by atoms with E-state index < -0.39 is 0 Å². The summed E-state index contributed by atoms with van der Waals surface area (Å²) in [6.45, 7) is 0.901. The fourth-order valence-electron chi connectivity index (χ4n) is 1.72. The standard InChI is InChI=1S/C11H15BrN2OS2/c1-16-6-2-5-14-8(7-11(13)15-14)9-3-4-10(12)17-9/h3-4,7-8H,2,5-6,13H2,1H3. The lowest BCUT2D eigenvalue weighted by atomic mass is 10.2. The Morgan fingerprint density at radius 3 is 3.06 bits per heavy atom. The number of hydroxylamine groups is 2. The molecule has 0 saturated heterocycles. The molecule has 6 heteroatoms. The number of halogens is 1. The van der Waals surface area contributed by atoms with Gasteiger partial charge in [-0.25, -0.2) is 0 Å². The second-order valence-corrected chi connectivity index (χ2v) is 7.21. The molecule has 1 atom stereocenters. The van der Waals surface area contributed by atoms with E-state index in [0.29, 0.717) is 5.88 Å². The molecule has 94 valence electrons. The van der Waals surface area contributed by atoms with Crippen LogP contribution >= 0.6 is 39.0 Å². The largest absolute Gasteiger partial charge is 0.388 e. The lowest BCUT2D eigenvalue weighted by molar-refractivity contribution is -0.118. The van der Waals surface area contributed by atoms with E-state index in [1.165, 1.54) is 4.88 Å². The Labute approximate surface area is 118 Å². The molecule has 0 spiro atoms. The first-order valence-electron chi connectivity index (χ1n) is 5.37. The first-order valence-corrected chi connectivity index (χ1v) is 8.37. The molecule has 1 aromatic rings. The molecular weight excluding hydrogens is 320 g/mol. The molecule has 0 radical (unpaired) electrons. The predicted octanol–water partition coefficient (Wildman–Crippen LogP) is 3.35. The maximum atomic E-state index is 5.75. The number of nitrogens with two attached hydrogens (primary N) is 1. The van der Waals surface area contributed by atoms with Crippen molar-refractivity contribution < 1.29 is 4.84 Å². The fourth-order valence-corrected chi connectivity index (χ4v) is 3.64. The van der Waals surface area contributed by atoms with Gasteiger partial charge in [-0.15, -0.1) is 16.4 Å². The van der Waals surface area contributed by atoms with Crippen LogP contribution in [0.4, 0.5) is 0 Å². The molecular formula is C11H15BrN2OS2. The summed E-state index contributed by atoms with van der Waals surface area (Å²) in [6, 6.07) is 4.33. The highest BCUT2D eigenvalue weighted by Crippen LogP contribution is 2.35. The van der Waals surface area contributed by atoms with Crippen molar-refractivity contribution in [1.82, 2.24) is 5.06 Å². The highest BCUT2D eigenvalue weighted by Gasteiger charge is 2.27. The molecule has 17 heavy (non-hydrogen) atoms. The van der Waals surface area contributed by atoms with Crippen molar-refractivity contribution >= 4 is 39.0 Å². The smallest absolute Gasteiger partial charge is 0.207 e. The van der Waals surface area contributed by atoms with Gasteiger partial charge in [-0.05, 0) is 46.5 Å². The van der Waals surface area contributed by atoms with Gasteiger partial charge in [0.1, 0.15) is 6.04 Å². The average Bonchev–Trinajstić information content (AvgIpc) is 2.85. The van der Waals surface area contributed by atoms with Crippen molar-refractivity contribution in [2.24, 2.45) is 5.73 Å². The summed E-state index contributed by atoms with van der Waals surface area (Å²) in [7, 11) is 0. The highest BCUT2D eigenvalue weighted by atomic mass is 79.9. The van der Waals surface area contributed by atoms with E-state index in [9.17, 15) is 0 Å². The molecule has 0 aliphatic carbocycles. The van der Waals surface area contributed by atoms with Gasteiger partial charge < -0.3 is 10.6 Å². The van der Waals surface area contributed by atoms with Gasteiger partial charge in [-0.3, -0.25) is 0 Å². The third-order valence-electron chi connectivity index (χ3n) is 2.47. The molecule has 0 fully saturated rings. The summed E-state index contributed by atoms with van der Waals surface area (Å²) in [6.07, 6.45) is 5.19. The number of thioether (sulfide) groups is 1. The molecule has 3 nitrogen and oxygen atoms in total. The SMILES string of the molecule is CSCCCN1OC(N)=CC1c1ccc(Br)s1. The lowest BCUT2D eigenvalue weighted by Gasteiger charge is -2.21. The predicted molar refractivity (Wildman–Crippen MR) is 77.8 cm³/mol. The Balaban J connectivity index is 2.02. The van der Waals surface area contributed by atoms with Gasteiger partial charge in [-0.2, -0.15) is 11.8 Å². The van der Waals surface area contributed by atoms with Crippen molar-refractivity contribution in [3.05, 3.63) is 32.8 Å². The van der Waals surface area contributed by atoms with Crippen LogP contribution < -0.4 is 5.73 Å². The average molecular weight is 335 g/mol. The Morgan fingerprint density at radius 2 is 2.41 bits per heavy atom. The lowest BCUT2D eigenvalue weighted by Crippen LogP contribution is -2.24. The van der Waals surface area contributed by atoms with Gasteiger partial charge in [-0.1, -0.05) is 0 Å². The minimum Gasteiger partial charge on any atom is -0.388 e. The number of rotatable bonds is 5. The normalized spacial score (nSPS) is 20.4.